The first kappa shape index (κ1) is 26.5. The standard InChI is InChI=1S/C23H34FN5O2.HI/c1-2-25-23(26-12-3-15-31-18-19-10-16-30-17-11-19)27-13-8-21-9-14-29(28-21)22-6-4-20(24)5-7-22;/h4-7,9,14,19H,2-3,8,10-13,15-18H2,1H3,(H2,25,26,27);1H. The molecule has 0 radical (unpaired) electrons. The van der Waals surface area contributed by atoms with E-state index in [1.165, 1.54) is 12.1 Å². The number of nitrogens with one attached hydrogen (secondary N) is 2. The second-order valence-electron chi connectivity index (χ2n) is 7.65. The Balaban J connectivity index is 0.00000363. The topological polar surface area (TPSA) is 72.7 Å². The maximum atomic E-state index is 13.1. The number of hydrogen-bond acceptors (Lipinski definition) is 4. The summed E-state index contributed by atoms with van der Waals surface area (Å²) in [7, 11) is 0. The zero-order chi connectivity index (χ0) is 21.7. The fourth-order valence-corrected chi connectivity index (χ4v) is 3.40. The molecule has 1 aromatic heterocycles. The number of aliphatic imine (C=N–C) groups is 1. The Labute approximate surface area is 207 Å². The van der Waals surface area contributed by atoms with Gasteiger partial charge in [0.1, 0.15) is 5.82 Å². The lowest BCUT2D eigenvalue weighted by atomic mass is 10.0. The molecule has 178 valence electrons. The SMILES string of the molecule is CCNC(=NCCCOCC1CCOCC1)NCCc1ccn(-c2ccc(F)cc2)n1.I. The quantitative estimate of drug-likeness (QED) is 0.191. The third-order valence-electron chi connectivity index (χ3n) is 5.16. The summed E-state index contributed by atoms with van der Waals surface area (Å²) in [5.74, 6) is 1.20. The third-order valence-corrected chi connectivity index (χ3v) is 5.16. The molecule has 0 spiro atoms. The second kappa shape index (κ2) is 15.2. The van der Waals surface area contributed by atoms with Crippen molar-refractivity contribution in [2.24, 2.45) is 10.9 Å². The molecule has 0 aliphatic carbocycles. The lowest BCUT2D eigenvalue weighted by Gasteiger charge is -2.21. The fraction of sp³-hybridized carbons (Fsp3) is 0.565. The van der Waals surface area contributed by atoms with Crippen molar-refractivity contribution in [3.8, 4) is 5.69 Å². The van der Waals surface area contributed by atoms with Gasteiger partial charge in [-0.25, -0.2) is 9.07 Å². The van der Waals surface area contributed by atoms with Crippen molar-refractivity contribution in [3.05, 3.63) is 48.0 Å². The number of benzene rings is 1. The highest BCUT2D eigenvalue weighted by atomic mass is 127. The molecule has 0 saturated carbocycles. The minimum absolute atomic E-state index is 0. The minimum Gasteiger partial charge on any atom is -0.381 e. The first-order valence-corrected chi connectivity index (χ1v) is 11.2. The predicted molar refractivity (Wildman–Crippen MR) is 136 cm³/mol. The summed E-state index contributed by atoms with van der Waals surface area (Å²) in [6, 6.07) is 8.28. The highest BCUT2D eigenvalue weighted by Gasteiger charge is 2.13. The second-order valence-corrected chi connectivity index (χ2v) is 7.65. The number of guanidine groups is 1. The van der Waals surface area contributed by atoms with Crippen molar-refractivity contribution < 1.29 is 13.9 Å². The summed E-state index contributed by atoms with van der Waals surface area (Å²) in [6.07, 6.45) is 5.78. The van der Waals surface area contributed by atoms with Crippen molar-refractivity contribution in [1.82, 2.24) is 20.4 Å². The Morgan fingerprint density at radius 3 is 2.75 bits per heavy atom. The van der Waals surface area contributed by atoms with E-state index in [4.69, 9.17) is 9.47 Å². The average molecular weight is 559 g/mol. The lowest BCUT2D eigenvalue weighted by molar-refractivity contribution is 0.0205. The van der Waals surface area contributed by atoms with Gasteiger partial charge in [-0.15, -0.1) is 24.0 Å². The summed E-state index contributed by atoms with van der Waals surface area (Å²) in [5, 5.41) is 11.2. The van der Waals surface area contributed by atoms with Crippen LogP contribution in [0.15, 0.2) is 41.5 Å². The van der Waals surface area contributed by atoms with Crippen molar-refractivity contribution >= 4 is 29.9 Å². The largest absolute Gasteiger partial charge is 0.381 e. The zero-order valence-corrected chi connectivity index (χ0v) is 21.1. The number of hydrogen-bond donors (Lipinski definition) is 2. The van der Waals surface area contributed by atoms with Crippen LogP contribution in [0.25, 0.3) is 5.69 Å². The van der Waals surface area contributed by atoms with Gasteiger partial charge in [0.2, 0.25) is 0 Å². The molecule has 1 aromatic carbocycles. The van der Waals surface area contributed by atoms with E-state index < -0.39 is 0 Å². The van der Waals surface area contributed by atoms with E-state index in [-0.39, 0.29) is 29.8 Å². The maximum Gasteiger partial charge on any atom is 0.191 e. The van der Waals surface area contributed by atoms with E-state index in [0.717, 1.165) is 89.1 Å². The van der Waals surface area contributed by atoms with Crippen molar-refractivity contribution in [1.29, 1.82) is 0 Å². The molecule has 2 aromatic rings. The van der Waals surface area contributed by atoms with Crippen molar-refractivity contribution in [2.75, 3.05) is 46.1 Å². The zero-order valence-electron chi connectivity index (χ0n) is 18.8. The van der Waals surface area contributed by atoms with Gasteiger partial charge in [-0.05, 0) is 62.4 Å². The van der Waals surface area contributed by atoms with E-state index in [0.29, 0.717) is 5.92 Å². The van der Waals surface area contributed by atoms with Crippen LogP contribution in [0.2, 0.25) is 0 Å². The summed E-state index contributed by atoms with van der Waals surface area (Å²) in [5.41, 5.74) is 1.81. The van der Waals surface area contributed by atoms with E-state index >= 15 is 0 Å². The first-order valence-electron chi connectivity index (χ1n) is 11.2. The number of rotatable bonds is 11. The van der Waals surface area contributed by atoms with Gasteiger partial charge in [-0.2, -0.15) is 5.10 Å². The number of ether oxygens (including phenoxy) is 2. The molecule has 3 rings (SSSR count). The molecule has 7 nitrogen and oxygen atoms in total. The van der Waals surface area contributed by atoms with Gasteiger partial charge >= 0.3 is 0 Å². The third kappa shape index (κ3) is 9.41. The molecule has 0 atom stereocenters. The van der Waals surface area contributed by atoms with Gasteiger partial charge in [-0.3, -0.25) is 4.99 Å². The van der Waals surface area contributed by atoms with Crippen LogP contribution in [-0.2, 0) is 15.9 Å². The first-order chi connectivity index (χ1) is 15.2. The molecule has 1 fully saturated rings. The Morgan fingerprint density at radius 2 is 2.00 bits per heavy atom. The minimum atomic E-state index is -0.249. The van der Waals surface area contributed by atoms with Gasteiger partial charge < -0.3 is 20.1 Å². The molecule has 1 aliphatic rings. The smallest absolute Gasteiger partial charge is 0.191 e. The van der Waals surface area contributed by atoms with Crippen LogP contribution in [0.3, 0.4) is 0 Å². The van der Waals surface area contributed by atoms with E-state index in [1.807, 2.05) is 12.3 Å². The molecule has 32 heavy (non-hydrogen) atoms. The van der Waals surface area contributed by atoms with Gasteiger partial charge in [0, 0.05) is 58.7 Å². The monoisotopic (exact) mass is 559 g/mol. The molecule has 2 N–H and O–H groups in total. The van der Waals surface area contributed by atoms with Gasteiger partial charge in [0.25, 0.3) is 0 Å². The summed E-state index contributed by atoms with van der Waals surface area (Å²) >= 11 is 0. The van der Waals surface area contributed by atoms with Crippen LogP contribution >= 0.6 is 24.0 Å². The van der Waals surface area contributed by atoms with E-state index in [9.17, 15) is 4.39 Å². The lowest BCUT2D eigenvalue weighted by Crippen LogP contribution is -2.38. The van der Waals surface area contributed by atoms with E-state index in [2.05, 4.69) is 27.6 Å². The molecular formula is C23H35FIN5O2. The molecule has 0 unspecified atom stereocenters. The molecular weight excluding hydrogens is 524 g/mol. The molecule has 1 aliphatic heterocycles. The van der Waals surface area contributed by atoms with Crippen LogP contribution in [-0.4, -0.2) is 61.8 Å². The molecule has 2 heterocycles. The van der Waals surface area contributed by atoms with E-state index in [1.54, 1.807) is 16.8 Å². The highest BCUT2D eigenvalue weighted by Crippen LogP contribution is 2.14. The molecule has 0 amide bonds. The van der Waals surface area contributed by atoms with Gasteiger partial charge in [-0.1, -0.05) is 0 Å². The van der Waals surface area contributed by atoms with Crippen LogP contribution in [0.1, 0.15) is 31.9 Å². The molecule has 9 heteroatoms. The van der Waals surface area contributed by atoms with Crippen molar-refractivity contribution in [2.45, 2.75) is 32.6 Å². The van der Waals surface area contributed by atoms with Crippen LogP contribution in [0, 0.1) is 11.7 Å². The summed E-state index contributed by atoms with van der Waals surface area (Å²) in [6.45, 7) is 7.61. The highest BCUT2D eigenvalue weighted by molar-refractivity contribution is 14.0. The van der Waals surface area contributed by atoms with Crippen molar-refractivity contribution in [3.63, 3.8) is 0 Å². The maximum absolute atomic E-state index is 13.1. The number of halogens is 2. The Kier molecular flexibility index (Phi) is 12.6. The van der Waals surface area contributed by atoms with Gasteiger partial charge in [0.15, 0.2) is 5.96 Å². The van der Waals surface area contributed by atoms with Crippen LogP contribution in [0.5, 0.6) is 0 Å². The molecule has 0 bridgehead atoms. The number of aromatic nitrogens is 2. The van der Waals surface area contributed by atoms with Crippen LogP contribution in [0.4, 0.5) is 4.39 Å². The summed E-state index contributed by atoms with van der Waals surface area (Å²) in [4.78, 5) is 4.62. The predicted octanol–water partition coefficient (Wildman–Crippen LogP) is 3.56. The number of nitrogens with zero attached hydrogens (tertiary/aromatic N) is 3. The fourth-order valence-electron chi connectivity index (χ4n) is 3.40. The normalized spacial score (nSPS) is 14.8. The Hall–Kier alpha value is -1.72. The Morgan fingerprint density at radius 1 is 1.22 bits per heavy atom. The van der Waals surface area contributed by atoms with Gasteiger partial charge in [0.05, 0.1) is 11.4 Å². The Bertz CT molecular complexity index is 794. The summed E-state index contributed by atoms with van der Waals surface area (Å²) < 4.78 is 26.0. The van der Waals surface area contributed by atoms with Crippen LogP contribution < -0.4 is 10.6 Å². The molecule has 1 saturated heterocycles. The average Bonchev–Trinajstić information content (AvgIpc) is 3.26.